The number of nitrogens with zero attached hydrogens (tertiary/aromatic N) is 6. The Bertz CT molecular complexity index is 1040. The van der Waals surface area contributed by atoms with Gasteiger partial charge in [0.05, 0.1) is 11.4 Å². The molecule has 2 atom stereocenters. The highest BCUT2D eigenvalue weighted by atomic mass is 15.5. The van der Waals surface area contributed by atoms with E-state index in [1.54, 1.807) is 12.4 Å². The largest absolute Gasteiger partial charge is 0.353 e. The van der Waals surface area contributed by atoms with Crippen molar-refractivity contribution in [2.45, 2.75) is 40.0 Å². The van der Waals surface area contributed by atoms with Crippen LogP contribution in [0.4, 0.5) is 34.4 Å². The van der Waals surface area contributed by atoms with Gasteiger partial charge in [-0.05, 0) is 63.1 Å². The van der Waals surface area contributed by atoms with E-state index in [4.69, 9.17) is 0 Å². The maximum Gasteiger partial charge on any atom is 0.178 e. The van der Waals surface area contributed by atoms with Gasteiger partial charge in [-0.2, -0.15) is 0 Å². The molecule has 2 aromatic carbocycles. The molecule has 0 amide bonds. The van der Waals surface area contributed by atoms with Gasteiger partial charge in [0.2, 0.25) is 0 Å². The van der Waals surface area contributed by atoms with Crippen LogP contribution >= 0.6 is 0 Å². The van der Waals surface area contributed by atoms with Crippen LogP contribution in [0.25, 0.3) is 0 Å². The third kappa shape index (κ3) is 2.49. The normalized spacial score (nSPS) is 20.1. The summed E-state index contributed by atoms with van der Waals surface area (Å²) in [6.07, 6.45) is 3.92. The fourth-order valence-corrected chi connectivity index (χ4v) is 4.78. The van der Waals surface area contributed by atoms with Gasteiger partial charge in [-0.3, -0.25) is 0 Å². The SMILES string of the molecule is Cc1cc(N2c3ccccc3N(C)[C@H]2C)c(C)c(N2c3nccnc3N(C)[C@@H]2C)c1. The minimum Gasteiger partial charge on any atom is -0.353 e. The van der Waals surface area contributed by atoms with E-state index in [0.29, 0.717) is 0 Å². The van der Waals surface area contributed by atoms with Crippen molar-refractivity contribution >= 4 is 34.4 Å². The molecular formula is C24H28N6. The first-order valence-electron chi connectivity index (χ1n) is 10.5. The number of hydrogen-bond donors (Lipinski definition) is 0. The zero-order chi connectivity index (χ0) is 21.2. The summed E-state index contributed by atoms with van der Waals surface area (Å²) in [5.74, 6) is 1.84. The van der Waals surface area contributed by atoms with E-state index in [1.165, 1.54) is 33.9 Å². The van der Waals surface area contributed by atoms with Crippen LogP contribution in [-0.4, -0.2) is 36.4 Å². The van der Waals surface area contributed by atoms with Crippen LogP contribution in [0.3, 0.4) is 0 Å². The van der Waals surface area contributed by atoms with Crippen LogP contribution in [0.15, 0.2) is 48.8 Å². The number of benzene rings is 2. The number of anilines is 6. The van der Waals surface area contributed by atoms with Crippen LogP contribution < -0.4 is 19.6 Å². The minimum atomic E-state index is 0.140. The maximum atomic E-state index is 4.68. The summed E-state index contributed by atoms with van der Waals surface area (Å²) < 4.78 is 0. The van der Waals surface area contributed by atoms with E-state index in [0.717, 1.165) is 11.6 Å². The van der Waals surface area contributed by atoms with Crippen LogP contribution in [0.1, 0.15) is 25.0 Å². The molecule has 0 radical (unpaired) electrons. The molecule has 3 heterocycles. The molecule has 6 nitrogen and oxygen atoms in total. The summed E-state index contributed by atoms with van der Waals surface area (Å²) >= 11 is 0. The van der Waals surface area contributed by atoms with Gasteiger partial charge in [0.1, 0.15) is 12.3 Å². The third-order valence-electron chi connectivity index (χ3n) is 6.63. The predicted octanol–water partition coefficient (Wildman–Crippen LogP) is 4.96. The molecule has 30 heavy (non-hydrogen) atoms. The molecule has 1 aromatic heterocycles. The number of para-hydroxylation sites is 2. The summed E-state index contributed by atoms with van der Waals surface area (Å²) in [6.45, 7) is 8.85. The monoisotopic (exact) mass is 400 g/mol. The van der Waals surface area contributed by atoms with Gasteiger partial charge in [-0.15, -0.1) is 0 Å². The molecule has 3 aromatic rings. The fraction of sp³-hybridized carbons (Fsp3) is 0.333. The number of rotatable bonds is 2. The third-order valence-corrected chi connectivity index (χ3v) is 6.63. The second kappa shape index (κ2) is 6.62. The lowest BCUT2D eigenvalue weighted by atomic mass is 10.0. The van der Waals surface area contributed by atoms with Gasteiger partial charge in [-0.1, -0.05) is 12.1 Å². The van der Waals surface area contributed by atoms with E-state index in [1.807, 2.05) is 0 Å². The van der Waals surface area contributed by atoms with Gasteiger partial charge >= 0.3 is 0 Å². The lowest BCUT2D eigenvalue weighted by Gasteiger charge is -2.33. The number of fused-ring (bicyclic) bond motifs is 2. The minimum absolute atomic E-state index is 0.140. The van der Waals surface area contributed by atoms with Crippen molar-refractivity contribution in [2.75, 3.05) is 33.7 Å². The van der Waals surface area contributed by atoms with Crippen molar-refractivity contribution in [1.29, 1.82) is 0 Å². The quantitative estimate of drug-likeness (QED) is 0.605. The van der Waals surface area contributed by atoms with Gasteiger partial charge < -0.3 is 19.6 Å². The first-order valence-corrected chi connectivity index (χ1v) is 10.5. The van der Waals surface area contributed by atoms with Crippen molar-refractivity contribution < 1.29 is 0 Å². The molecule has 0 spiro atoms. The van der Waals surface area contributed by atoms with Crippen molar-refractivity contribution in [2.24, 2.45) is 0 Å². The predicted molar refractivity (Wildman–Crippen MR) is 124 cm³/mol. The second-order valence-corrected chi connectivity index (χ2v) is 8.35. The highest BCUT2D eigenvalue weighted by Crippen LogP contribution is 2.48. The fourth-order valence-electron chi connectivity index (χ4n) is 4.78. The summed E-state index contributed by atoms with van der Waals surface area (Å²) in [5.41, 5.74) is 7.41. The smallest absolute Gasteiger partial charge is 0.178 e. The van der Waals surface area contributed by atoms with E-state index < -0.39 is 0 Å². The summed E-state index contributed by atoms with van der Waals surface area (Å²) in [6, 6.07) is 13.2. The molecule has 0 bridgehead atoms. The molecule has 0 N–H and O–H groups in total. The number of hydrogen-bond acceptors (Lipinski definition) is 6. The van der Waals surface area contributed by atoms with Gasteiger partial charge in [0, 0.05) is 37.9 Å². The van der Waals surface area contributed by atoms with E-state index in [2.05, 4.69) is 108 Å². The highest BCUT2D eigenvalue weighted by molar-refractivity contribution is 5.88. The molecule has 2 aliphatic heterocycles. The van der Waals surface area contributed by atoms with Crippen molar-refractivity contribution in [1.82, 2.24) is 9.97 Å². The maximum absolute atomic E-state index is 4.68. The Labute approximate surface area is 178 Å². The second-order valence-electron chi connectivity index (χ2n) is 8.35. The average Bonchev–Trinajstić information content (AvgIpc) is 3.15. The molecule has 6 heteroatoms. The van der Waals surface area contributed by atoms with E-state index >= 15 is 0 Å². The van der Waals surface area contributed by atoms with E-state index in [-0.39, 0.29) is 12.3 Å². The van der Waals surface area contributed by atoms with Crippen LogP contribution in [0, 0.1) is 13.8 Å². The average molecular weight is 401 g/mol. The summed E-state index contributed by atoms with van der Waals surface area (Å²) in [4.78, 5) is 18.5. The molecule has 5 rings (SSSR count). The van der Waals surface area contributed by atoms with Crippen LogP contribution in [0.5, 0.6) is 0 Å². The molecule has 0 fully saturated rings. The molecule has 2 aliphatic rings. The Hall–Kier alpha value is -3.28. The van der Waals surface area contributed by atoms with Gasteiger partial charge in [0.15, 0.2) is 11.6 Å². The summed E-state index contributed by atoms with van der Waals surface area (Å²) in [5, 5.41) is 0. The zero-order valence-electron chi connectivity index (χ0n) is 18.5. The lowest BCUT2D eigenvalue weighted by Crippen LogP contribution is -2.37. The standard InChI is InChI=1S/C24H28N6/c1-15-13-21(29-17(3)27(5)19-9-7-8-10-20(19)29)16(2)22(14-15)30-18(4)28(6)23-24(30)26-12-11-25-23/h7-14,17-18H,1-6H3/t17-,18+/m1/s1. The molecule has 0 saturated carbocycles. The molecule has 154 valence electrons. The van der Waals surface area contributed by atoms with Crippen LogP contribution in [-0.2, 0) is 0 Å². The van der Waals surface area contributed by atoms with Crippen LogP contribution in [0.2, 0.25) is 0 Å². The number of aryl methyl sites for hydroxylation is 1. The van der Waals surface area contributed by atoms with Gasteiger partial charge in [0.25, 0.3) is 0 Å². The molecule has 0 saturated heterocycles. The number of aromatic nitrogens is 2. The Balaban J connectivity index is 1.69. The first-order chi connectivity index (χ1) is 14.4. The van der Waals surface area contributed by atoms with Gasteiger partial charge in [-0.25, -0.2) is 9.97 Å². The van der Waals surface area contributed by atoms with E-state index in [9.17, 15) is 0 Å². The zero-order valence-corrected chi connectivity index (χ0v) is 18.5. The van der Waals surface area contributed by atoms with Crippen molar-refractivity contribution in [3.63, 3.8) is 0 Å². The topological polar surface area (TPSA) is 38.7 Å². The Morgan fingerprint density at radius 2 is 1.27 bits per heavy atom. The molecule has 0 unspecified atom stereocenters. The molecule has 0 aliphatic carbocycles. The van der Waals surface area contributed by atoms with Crippen molar-refractivity contribution in [3.05, 3.63) is 59.9 Å². The summed E-state index contributed by atoms with van der Waals surface area (Å²) in [7, 11) is 4.25. The lowest BCUT2D eigenvalue weighted by molar-refractivity contribution is 0.720. The Morgan fingerprint density at radius 1 is 0.700 bits per heavy atom. The van der Waals surface area contributed by atoms with Crippen molar-refractivity contribution in [3.8, 4) is 0 Å². The Morgan fingerprint density at radius 3 is 1.97 bits per heavy atom. The Kier molecular flexibility index (Phi) is 4.13. The first kappa shape index (κ1) is 18.7. The highest BCUT2D eigenvalue weighted by Gasteiger charge is 2.37. The molecular weight excluding hydrogens is 372 g/mol.